The molecule has 2 unspecified atom stereocenters. The van der Waals surface area contributed by atoms with Crippen LogP contribution in [0.5, 0.6) is 0 Å². The quantitative estimate of drug-likeness (QED) is 0.0201. The maximum Gasteiger partial charge on any atom is 0.306 e. The molecule has 0 saturated carbocycles. The number of esters is 1. The lowest BCUT2D eigenvalue weighted by Crippen LogP contribution is -2.37. The van der Waals surface area contributed by atoms with E-state index < -0.39 is 13.9 Å². The van der Waals surface area contributed by atoms with Crippen LogP contribution in [0.15, 0.2) is 12.2 Å². The molecule has 0 bridgehead atoms. The summed E-state index contributed by atoms with van der Waals surface area (Å²) in [6, 6.07) is 0. The van der Waals surface area contributed by atoms with Gasteiger partial charge in [-0.1, -0.05) is 167 Å². The fourth-order valence-electron chi connectivity index (χ4n) is 6.13. The van der Waals surface area contributed by atoms with Gasteiger partial charge < -0.3 is 27.9 Å². The van der Waals surface area contributed by atoms with Crippen LogP contribution in [-0.4, -0.2) is 70.7 Å². The van der Waals surface area contributed by atoms with Crippen LogP contribution in [0.1, 0.15) is 200 Å². The number of nitrogens with zero attached hydrogens (tertiary/aromatic N) is 1. The number of hydrogen-bond acceptors (Lipinski definition) is 7. The summed E-state index contributed by atoms with van der Waals surface area (Å²) in [5.41, 5.74) is 0. The molecule has 0 aliphatic carbocycles. The number of phosphoric ester groups is 1. The molecular weight excluding hydrogens is 673 g/mol. The second kappa shape index (κ2) is 37.2. The lowest BCUT2D eigenvalue weighted by atomic mass is 10.0. The minimum absolute atomic E-state index is 0.0277. The van der Waals surface area contributed by atoms with E-state index in [1.807, 2.05) is 21.1 Å². The Morgan fingerprint density at radius 3 is 1.48 bits per heavy atom. The van der Waals surface area contributed by atoms with Crippen molar-refractivity contribution in [3.05, 3.63) is 12.2 Å². The summed E-state index contributed by atoms with van der Waals surface area (Å²) in [5.74, 6) is -0.340. The van der Waals surface area contributed by atoms with Crippen molar-refractivity contribution in [2.24, 2.45) is 0 Å². The van der Waals surface area contributed by atoms with Crippen LogP contribution in [0.2, 0.25) is 0 Å². The molecule has 0 aromatic rings. The number of unbranched alkanes of at least 4 members (excludes halogenated alkanes) is 25. The molecule has 52 heavy (non-hydrogen) atoms. The maximum atomic E-state index is 12.6. The zero-order valence-corrected chi connectivity index (χ0v) is 35.9. The molecule has 0 aliphatic heterocycles. The van der Waals surface area contributed by atoms with E-state index in [1.165, 1.54) is 135 Å². The Labute approximate surface area is 322 Å². The third kappa shape index (κ3) is 40.4. The molecule has 0 fully saturated rings. The van der Waals surface area contributed by atoms with Gasteiger partial charge in [0.15, 0.2) is 0 Å². The number of likely N-dealkylation sites (N-methyl/N-ethyl adjacent to an activating group) is 1. The highest BCUT2D eigenvalue weighted by atomic mass is 31.2. The average Bonchev–Trinajstić information content (AvgIpc) is 3.09. The van der Waals surface area contributed by atoms with Gasteiger partial charge in [-0.2, -0.15) is 0 Å². The molecule has 0 radical (unpaired) electrons. The lowest BCUT2D eigenvalue weighted by molar-refractivity contribution is -0.870. The van der Waals surface area contributed by atoms with E-state index in [9.17, 15) is 14.3 Å². The highest BCUT2D eigenvalue weighted by Gasteiger charge is 2.20. The van der Waals surface area contributed by atoms with E-state index in [0.29, 0.717) is 24.1 Å². The topological polar surface area (TPSA) is 94.1 Å². The van der Waals surface area contributed by atoms with Crippen LogP contribution in [0.25, 0.3) is 0 Å². The van der Waals surface area contributed by atoms with Crippen molar-refractivity contribution in [2.45, 2.75) is 206 Å². The molecule has 0 N–H and O–H groups in total. The third-order valence-corrected chi connectivity index (χ3v) is 10.5. The maximum absolute atomic E-state index is 12.6. The summed E-state index contributed by atoms with van der Waals surface area (Å²) < 4.78 is 34.6. The Bertz CT molecular complexity index is 848. The van der Waals surface area contributed by atoms with Gasteiger partial charge in [-0.25, -0.2) is 0 Å². The van der Waals surface area contributed by atoms with Gasteiger partial charge in [-0.15, -0.1) is 0 Å². The SMILES string of the molecule is CCCCCC/C=C\CCCCCCCC(=O)OC(COCCCCCCCCCCCCCCCCCCC)COP(=O)([O-])OCC[N+](C)(C)C. The van der Waals surface area contributed by atoms with E-state index in [0.717, 1.165) is 44.9 Å². The van der Waals surface area contributed by atoms with E-state index >= 15 is 0 Å². The number of carbonyl (C=O) groups is 1. The number of rotatable bonds is 41. The monoisotopic (exact) mass is 760 g/mol. The molecule has 0 spiro atoms. The number of ether oxygens (including phenoxy) is 2. The van der Waals surface area contributed by atoms with Crippen LogP contribution < -0.4 is 4.89 Å². The first-order chi connectivity index (χ1) is 25.1. The Morgan fingerprint density at radius 1 is 0.577 bits per heavy atom. The van der Waals surface area contributed by atoms with E-state index in [-0.39, 0.29) is 25.8 Å². The van der Waals surface area contributed by atoms with Crippen LogP contribution in [0.4, 0.5) is 0 Å². The zero-order valence-electron chi connectivity index (χ0n) is 35.0. The highest BCUT2D eigenvalue weighted by molar-refractivity contribution is 7.45. The molecular formula is C43H86NO7P. The molecule has 0 saturated heterocycles. The number of carbonyl (C=O) groups excluding carboxylic acids is 1. The van der Waals surface area contributed by atoms with Crippen LogP contribution in [-0.2, 0) is 27.9 Å². The Morgan fingerprint density at radius 2 is 1.00 bits per heavy atom. The van der Waals surface area contributed by atoms with Gasteiger partial charge in [0.05, 0.1) is 34.4 Å². The summed E-state index contributed by atoms with van der Waals surface area (Å²) in [5, 5.41) is 0. The van der Waals surface area contributed by atoms with Gasteiger partial charge in [0.25, 0.3) is 7.82 Å². The van der Waals surface area contributed by atoms with Crippen LogP contribution in [0.3, 0.4) is 0 Å². The second-order valence-electron chi connectivity index (χ2n) is 16.1. The van der Waals surface area contributed by atoms with Crippen LogP contribution in [0, 0.1) is 0 Å². The van der Waals surface area contributed by atoms with Crippen molar-refractivity contribution in [1.29, 1.82) is 0 Å². The summed E-state index contributed by atoms with van der Waals surface area (Å²) in [7, 11) is 1.36. The van der Waals surface area contributed by atoms with Gasteiger partial charge in [0.1, 0.15) is 19.3 Å². The van der Waals surface area contributed by atoms with Crippen LogP contribution >= 0.6 is 7.82 Å². The van der Waals surface area contributed by atoms with Gasteiger partial charge >= 0.3 is 5.97 Å². The van der Waals surface area contributed by atoms with Crippen molar-refractivity contribution >= 4 is 13.8 Å². The van der Waals surface area contributed by atoms with Gasteiger partial charge in [0, 0.05) is 13.0 Å². The normalized spacial score (nSPS) is 13.9. The van der Waals surface area contributed by atoms with Gasteiger partial charge in [0.2, 0.25) is 0 Å². The summed E-state index contributed by atoms with van der Waals surface area (Å²) in [6.45, 7) is 5.42. The van der Waals surface area contributed by atoms with E-state index in [1.54, 1.807) is 0 Å². The molecule has 0 amide bonds. The number of phosphoric acid groups is 1. The lowest BCUT2D eigenvalue weighted by Gasteiger charge is -2.28. The summed E-state index contributed by atoms with van der Waals surface area (Å²) in [4.78, 5) is 25.0. The molecule has 0 rings (SSSR count). The number of quaternary nitrogens is 1. The fraction of sp³-hybridized carbons (Fsp3) is 0.930. The summed E-state index contributed by atoms with van der Waals surface area (Å²) >= 11 is 0. The Balaban J connectivity index is 4.20. The van der Waals surface area contributed by atoms with Gasteiger partial charge in [-0.05, 0) is 38.5 Å². The zero-order chi connectivity index (χ0) is 38.4. The number of allylic oxidation sites excluding steroid dienone is 2. The Kier molecular flexibility index (Phi) is 36.6. The molecule has 0 aromatic heterocycles. The highest BCUT2D eigenvalue weighted by Crippen LogP contribution is 2.38. The molecule has 310 valence electrons. The molecule has 0 aliphatic rings. The smallest absolute Gasteiger partial charge is 0.306 e. The molecule has 2 atom stereocenters. The standard InChI is InChI=1S/C43H86NO7P/c1-6-8-10-12-14-16-18-20-21-22-23-25-27-29-31-33-35-38-48-40-42(41-50-52(46,47)49-39-37-44(3,4)5)51-43(45)36-34-32-30-28-26-24-19-17-15-13-11-9-7-2/h17,19,42H,6-16,18,20-41H2,1-5H3/b19-17-. The molecule has 0 heterocycles. The minimum atomic E-state index is -4.52. The predicted octanol–water partition coefficient (Wildman–Crippen LogP) is 12.0. The first-order valence-electron chi connectivity index (χ1n) is 21.9. The molecule has 8 nitrogen and oxygen atoms in total. The van der Waals surface area contributed by atoms with E-state index in [4.69, 9.17) is 18.5 Å². The first kappa shape index (κ1) is 51.2. The van der Waals surface area contributed by atoms with Gasteiger partial charge in [-0.3, -0.25) is 9.36 Å². The van der Waals surface area contributed by atoms with Crippen molar-refractivity contribution < 1.29 is 37.3 Å². The molecule has 9 heteroatoms. The largest absolute Gasteiger partial charge is 0.756 e. The van der Waals surface area contributed by atoms with Crippen molar-refractivity contribution in [3.63, 3.8) is 0 Å². The minimum Gasteiger partial charge on any atom is -0.756 e. The van der Waals surface area contributed by atoms with Crippen molar-refractivity contribution in [1.82, 2.24) is 0 Å². The Hall–Kier alpha value is -0.760. The second-order valence-corrected chi connectivity index (χ2v) is 17.5. The third-order valence-electron chi connectivity index (χ3n) is 9.57. The number of hydrogen-bond donors (Lipinski definition) is 0. The average molecular weight is 760 g/mol. The van der Waals surface area contributed by atoms with E-state index in [2.05, 4.69) is 26.0 Å². The fourth-order valence-corrected chi connectivity index (χ4v) is 6.86. The molecule has 0 aromatic carbocycles. The van der Waals surface area contributed by atoms with Crippen molar-refractivity contribution in [3.8, 4) is 0 Å². The first-order valence-corrected chi connectivity index (χ1v) is 23.4. The van der Waals surface area contributed by atoms with Crippen molar-refractivity contribution in [2.75, 3.05) is 54.1 Å². The summed E-state index contributed by atoms with van der Waals surface area (Å²) in [6.07, 6.45) is 39.3. The predicted molar refractivity (Wildman–Crippen MR) is 217 cm³/mol.